The first-order valence-electron chi connectivity index (χ1n) is 8.73. The Kier molecular flexibility index (Phi) is 7.46. The number of ether oxygens (including phenoxy) is 2. The van der Waals surface area contributed by atoms with E-state index in [1.54, 1.807) is 14.2 Å². The number of benzene rings is 1. The third kappa shape index (κ3) is 4.97. The van der Waals surface area contributed by atoms with Crippen molar-refractivity contribution in [1.82, 2.24) is 5.32 Å². The van der Waals surface area contributed by atoms with Gasteiger partial charge in [-0.05, 0) is 43.4 Å². The topological polar surface area (TPSA) is 64.6 Å². The van der Waals surface area contributed by atoms with E-state index in [0.717, 1.165) is 29.0 Å². The Morgan fingerprint density at radius 3 is 2.36 bits per heavy atom. The summed E-state index contributed by atoms with van der Waals surface area (Å²) < 4.78 is 10.7. The molecule has 0 aromatic heterocycles. The van der Waals surface area contributed by atoms with Gasteiger partial charge in [0, 0.05) is 19.4 Å². The van der Waals surface area contributed by atoms with Crippen molar-refractivity contribution in [3.63, 3.8) is 0 Å². The molecule has 0 saturated heterocycles. The van der Waals surface area contributed by atoms with E-state index < -0.39 is 5.54 Å². The molecular formula is C20H31NO4. The molecule has 0 radical (unpaired) electrons. The highest BCUT2D eigenvalue weighted by Gasteiger charge is 2.38. The number of methoxy groups -OCH3 is 2. The Balaban J connectivity index is 3.02. The molecule has 1 amide bonds. The van der Waals surface area contributed by atoms with Crippen molar-refractivity contribution in [2.24, 2.45) is 5.92 Å². The van der Waals surface area contributed by atoms with E-state index in [9.17, 15) is 9.59 Å². The fourth-order valence-electron chi connectivity index (χ4n) is 3.11. The Bertz CT molecular complexity index is 626. The van der Waals surface area contributed by atoms with Gasteiger partial charge in [0.25, 0.3) is 0 Å². The van der Waals surface area contributed by atoms with Crippen molar-refractivity contribution < 1.29 is 19.1 Å². The molecule has 0 unspecified atom stereocenters. The van der Waals surface area contributed by atoms with Crippen molar-refractivity contribution >= 4 is 11.7 Å². The van der Waals surface area contributed by atoms with Crippen molar-refractivity contribution in [3.05, 3.63) is 23.3 Å². The maximum Gasteiger partial charge on any atom is 0.217 e. The molecule has 1 rings (SSSR count). The van der Waals surface area contributed by atoms with Gasteiger partial charge in [-0.15, -0.1) is 0 Å². The molecule has 0 aliphatic carbocycles. The summed E-state index contributed by atoms with van der Waals surface area (Å²) in [5.74, 6) is 1.35. The van der Waals surface area contributed by atoms with E-state index in [-0.39, 0.29) is 17.6 Å². The number of aryl methyl sites for hydroxylation is 1. The van der Waals surface area contributed by atoms with Crippen molar-refractivity contribution in [2.75, 3.05) is 14.2 Å². The summed E-state index contributed by atoms with van der Waals surface area (Å²) in [6, 6.07) is 3.76. The molecule has 0 aliphatic rings. The number of hydrogen-bond acceptors (Lipinski definition) is 4. The van der Waals surface area contributed by atoms with Crippen molar-refractivity contribution in [3.8, 4) is 11.5 Å². The summed E-state index contributed by atoms with van der Waals surface area (Å²) in [5, 5.41) is 2.86. The van der Waals surface area contributed by atoms with Gasteiger partial charge in [-0.25, -0.2) is 0 Å². The maximum absolute atomic E-state index is 12.9. The maximum atomic E-state index is 12.9. The Morgan fingerprint density at radius 1 is 1.24 bits per heavy atom. The van der Waals surface area contributed by atoms with Gasteiger partial charge in [-0.2, -0.15) is 0 Å². The average Bonchev–Trinajstić information content (AvgIpc) is 2.57. The lowest BCUT2D eigenvalue weighted by molar-refractivity contribution is -0.132. The molecule has 0 aliphatic heterocycles. The van der Waals surface area contributed by atoms with E-state index in [2.05, 4.69) is 5.32 Å². The Hall–Kier alpha value is -2.04. The minimum absolute atomic E-state index is 0.0364. The summed E-state index contributed by atoms with van der Waals surface area (Å²) in [6.45, 7) is 9.27. The normalized spacial score (nSPS) is 14.4. The van der Waals surface area contributed by atoms with Crippen LogP contribution in [0.5, 0.6) is 11.5 Å². The second-order valence-electron chi connectivity index (χ2n) is 6.74. The van der Waals surface area contributed by atoms with Crippen LogP contribution < -0.4 is 14.8 Å². The number of amides is 1. The number of nitrogens with one attached hydrogen (secondary N) is 1. The molecule has 140 valence electrons. The zero-order valence-electron chi connectivity index (χ0n) is 16.5. The first-order chi connectivity index (χ1) is 11.7. The molecule has 0 bridgehead atoms. The van der Waals surface area contributed by atoms with Gasteiger partial charge in [0.2, 0.25) is 5.91 Å². The van der Waals surface area contributed by atoms with Gasteiger partial charge < -0.3 is 14.8 Å². The van der Waals surface area contributed by atoms with E-state index in [4.69, 9.17) is 9.47 Å². The molecule has 0 spiro atoms. The van der Waals surface area contributed by atoms with Crippen LogP contribution in [-0.4, -0.2) is 31.4 Å². The van der Waals surface area contributed by atoms with Crippen LogP contribution in [0.3, 0.4) is 0 Å². The highest BCUT2D eigenvalue weighted by Crippen LogP contribution is 2.31. The van der Waals surface area contributed by atoms with Gasteiger partial charge in [0.15, 0.2) is 5.78 Å². The van der Waals surface area contributed by atoms with Gasteiger partial charge >= 0.3 is 0 Å². The highest BCUT2D eigenvalue weighted by atomic mass is 16.5. The summed E-state index contributed by atoms with van der Waals surface area (Å²) in [4.78, 5) is 24.5. The molecular weight excluding hydrogens is 318 g/mol. The number of rotatable bonds is 9. The number of carbonyl (C=O) groups is 2. The lowest BCUT2D eigenvalue weighted by Crippen LogP contribution is -2.56. The molecule has 1 aromatic rings. The second-order valence-corrected chi connectivity index (χ2v) is 6.74. The van der Waals surface area contributed by atoms with Crippen molar-refractivity contribution in [2.45, 2.75) is 59.4 Å². The van der Waals surface area contributed by atoms with Crippen LogP contribution in [0.15, 0.2) is 12.1 Å². The Morgan fingerprint density at radius 2 is 1.88 bits per heavy atom. The summed E-state index contributed by atoms with van der Waals surface area (Å²) in [7, 11) is 3.22. The highest BCUT2D eigenvalue weighted by molar-refractivity contribution is 5.92. The van der Waals surface area contributed by atoms with Gasteiger partial charge in [0.05, 0.1) is 19.8 Å². The fourth-order valence-corrected chi connectivity index (χ4v) is 3.11. The molecule has 25 heavy (non-hydrogen) atoms. The van der Waals surface area contributed by atoms with Crippen LogP contribution in [0.4, 0.5) is 0 Å². The van der Waals surface area contributed by atoms with Crippen LogP contribution in [0.1, 0.15) is 51.7 Å². The van der Waals surface area contributed by atoms with E-state index in [1.807, 2.05) is 39.8 Å². The van der Waals surface area contributed by atoms with Gasteiger partial charge in [-0.3, -0.25) is 9.59 Å². The standard InChI is InChI=1S/C20H31NO4/c1-8-14(3)20(5,21-15(4)22)19(23)10-9-17-13(2)11-16(24-6)12-18(17)25-7/h11-12,14H,8-10H2,1-7H3,(H,21,22)/t14-,20-/m0/s1. The lowest BCUT2D eigenvalue weighted by Gasteiger charge is -2.34. The minimum Gasteiger partial charge on any atom is -0.497 e. The van der Waals surface area contributed by atoms with Crippen LogP contribution in [0, 0.1) is 12.8 Å². The Labute approximate surface area is 151 Å². The van der Waals surface area contributed by atoms with Gasteiger partial charge in [-0.1, -0.05) is 20.3 Å². The fraction of sp³-hybridized carbons (Fsp3) is 0.600. The first kappa shape index (κ1) is 21.0. The molecule has 0 heterocycles. The minimum atomic E-state index is -0.853. The third-order valence-corrected chi connectivity index (χ3v) is 5.08. The predicted molar refractivity (Wildman–Crippen MR) is 99.3 cm³/mol. The molecule has 1 aromatic carbocycles. The number of carbonyl (C=O) groups excluding carboxylic acids is 2. The SMILES string of the molecule is CC[C@H](C)[C@](C)(NC(C)=O)C(=O)CCc1c(C)cc(OC)cc1OC. The molecule has 5 nitrogen and oxygen atoms in total. The summed E-state index contributed by atoms with van der Waals surface area (Å²) in [6.07, 6.45) is 1.71. The van der Waals surface area contributed by atoms with Crippen LogP contribution in [-0.2, 0) is 16.0 Å². The molecule has 1 N–H and O–H groups in total. The molecule has 0 saturated carbocycles. The molecule has 2 atom stereocenters. The van der Waals surface area contributed by atoms with Crippen LogP contribution >= 0.6 is 0 Å². The lowest BCUT2D eigenvalue weighted by atomic mass is 9.79. The summed E-state index contributed by atoms with van der Waals surface area (Å²) >= 11 is 0. The van der Waals surface area contributed by atoms with Gasteiger partial charge in [0.1, 0.15) is 11.5 Å². The first-order valence-corrected chi connectivity index (χ1v) is 8.73. The van der Waals surface area contributed by atoms with Crippen molar-refractivity contribution in [1.29, 1.82) is 0 Å². The zero-order chi connectivity index (χ0) is 19.2. The molecule has 0 fully saturated rings. The number of hydrogen-bond donors (Lipinski definition) is 1. The second kappa shape index (κ2) is 8.88. The predicted octanol–water partition coefficient (Wildman–Crippen LogP) is 3.45. The summed E-state index contributed by atoms with van der Waals surface area (Å²) in [5.41, 5.74) is 1.16. The zero-order valence-corrected chi connectivity index (χ0v) is 16.5. The smallest absolute Gasteiger partial charge is 0.217 e. The van der Waals surface area contributed by atoms with E-state index >= 15 is 0 Å². The number of ketones is 1. The van der Waals surface area contributed by atoms with Crippen LogP contribution in [0.25, 0.3) is 0 Å². The monoisotopic (exact) mass is 349 g/mol. The quantitative estimate of drug-likeness (QED) is 0.741. The van der Waals surface area contributed by atoms with Crippen LogP contribution in [0.2, 0.25) is 0 Å². The largest absolute Gasteiger partial charge is 0.497 e. The number of Topliss-reactive ketones (excluding diaryl/α,β-unsaturated/α-hetero) is 1. The van der Waals surface area contributed by atoms with E-state index in [1.165, 1.54) is 6.92 Å². The molecule has 5 heteroatoms. The average molecular weight is 349 g/mol. The van der Waals surface area contributed by atoms with E-state index in [0.29, 0.717) is 12.8 Å². The third-order valence-electron chi connectivity index (χ3n) is 5.08.